The molecule has 0 saturated heterocycles. The molecule has 0 amide bonds. The van der Waals surface area contributed by atoms with E-state index in [-0.39, 0.29) is 0 Å². The van der Waals surface area contributed by atoms with Crippen LogP contribution in [0.2, 0.25) is 0 Å². The van der Waals surface area contributed by atoms with Crippen LogP contribution in [0.1, 0.15) is 16.7 Å². The van der Waals surface area contributed by atoms with Gasteiger partial charge in [0.05, 0.1) is 13.7 Å². The number of ether oxygens (including phenoxy) is 2. The van der Waals surface area contributed by atoms with E-state index in [9.17, 15) is 0 Å². The summed E-state index contributed by atoms with van der Waals surface area (Å²) >= 11 is 0. The smallest absolute Gasteiger partial charge is 0.123 e. The van der Waals surface area contributed by atoms with Crippen molar-refractivity contribution in [2.45, 2.75) is 20.1 Å². The molecule has 0 aliphatic rings. The highest BCUT2D eigenvalue weighted by Gasteiger charge is 2.03. The van der Waals surface area contributed by atoms with Gasteiger partial charge in [0.1, 0.15) is 5.75 Å². The fourth-order valence-electron chi connectivity index (χ4n) is 2.18. The van der Waals surface area contributed by atoms with Gasteiger partial charge in [-0.2, -0.15) is 0 Å². The Hall–Kier alpha value is -2.00. The molecular weight excluding hydrogens is 250 g/mol. The third-order valence-corrected chi connectivity index (χ3v) is 3.16. The Kier molecular flexibility index (Phi) is 5.02. The lowest BCUT2D eigenvalue weighted by atomic mass is 10.1. The maximum Gasteiger partial charge on any atom is 0.123 e. The Morgan fingerprint density at radius 2 is 1.90 bits per heavy atom. The maximum atomic E-state index is 5.39. The van der Waals surface area contributed by atoms with Crippen LogP contribution in [-0.4, -0.2) is 14.2 Å². The lowest BCUT2D eigenvalue weighted by Crippen LogP contribution is -2.02. The summed E-state index contributed by atoms with van der Waals surface area (Å²) in [5, 5.41) is 3.43. The van der Waals surface area contributed by atoms with Gasteiger partial charge in [-0.3, -0.25) is 0 Å². The SMILES string of the molecule is COCc1cccc(NCc2cc(C)ccc2OC)c1. The van der Waals surface area contributed by atoms with Gasteiger partial charge in [-0.05, 0) is 30.7 Å². The zero-order valence-electron chi connectivity index (χ0n) is 12.3. The second kappa shape index (κ2) is 6.96. The number of nitrogens with one attached hydrogen (secondary N) is 1. The Labute approximate surface area is 120 Å². The predicted molar refractivity (Wildman–Crippen MR) is 82.2 cm³/mol. The van der Waals surface area contributed by atoms with Gasteiger partial charge in [0, 0.05) is 24.9 Å². The van der Waals surface area contributed by atoms with Gasteiger partial charge in [-0.1, -0.05) is 29.8 Å². The van der Waals surface area contributed by atoms with Crippen LogP contribution in [-0.2, 0) is 17.9 Å². The Morgan fingerprint density at radius 3 is 2.65 bits per heavy atom. The Bertz CT molecular complexity index is 567. The lowest BCUT2D eigenvalue weighted by Gasteiger charge is -2.12. The van der Waals surface area contributed by atoms with Gasteiger partial charge in [-0.25, -0.2) is 0 Å². The van der Waals surface area contributed by atoms with Gasteiger partial charge in [0.25, 0.3) is 0 Å². The summed E-state index contributed by atoms with van der Waals surface area (Å²) in [4.78, 5) is 0. The van der Waals surface area contributed by atoms with E-state index in [0.29, 0.717) is 6.61 Å². The van der Waals surface area contributed by atoms with E-state index in [1.807, 2.05) is 12.1 Å². The summed E-state index contributed by atoms with van der Waals surface area (Å²) in [5.74, 6) is 0.913. The van der Waals surface area contributed by atoms with Crippen molar-refractivity contribution in [3.8, 4) is 5.75 Å². The van der Waals surface area contributed by atoms with Crippen molar-refractivity contribution >= 4 is 5.69 Å². The van der Waals surface area contributed by atoms with E-state index in [1.54, 1.807) is 14.2 Å². The van der Waals surface area contributed by atoms with Crippen LogP contribution < -0.4 is 10.1 Å². The van der Waals surface area contributed by atoms with Crippen LogP contribution in [0.3, 0.4) is 0 Å². The van der Waals surface area contributed by atoms with Crippen molar-refractivity contribution in [2.24, 2.45) is 0 Å². The number of aryl methyl sites for hydroxylation is 1. The largest absolute Gasteiger partial charge is 0.496 e. The first-order chi connectivity index (χ1) is 9.72. The van der Waals surface area contributed by atoms with Gasteiger partial charge in [-0.15, -0.1) is 0 Å². The molecule has 3 heteroatoms. The minimum atomic E-state index is 0.628. The number of benzene rings is 2. The van der Waals surface area contributed by atoms with E-state index in [4.69, 9.17) is 9.47 Å². The molecule has 106 valence electrons. The lowest BCUT2D eigenvalue weighted by molar-refractivity contribution is 0.185. The summed E-state index contributed by atoms with van der Waals surface area (Å²) < 4.78 is 10.5. The molecule has 0 saturated carbocycles. The molecule has 2 aromatic rings. The number of hydrogen-bond acceptors (Lipinski definition) is 3. The first-order valence-corrected chi connectivity index (χ1v) is 6.68. The molecule has 0 aliphatic heterocycles. The molecule has 2 rings (SSSR count). The molecule has 3 nitrogen and oxygen atoms in total. The summed E-state index contributed by atoms with van der Waals surface area (Å²) in [7, 11) is 3.41. The normalized spacial score (nSPS) is 10.3. The van der Waals surface area contributed by atoms with Gasteiger partial charge >= 0.3 is 0 Å². The summed E-state index contributed by atoms with van der Waals surface area (Å²) in [6.07, 6.45) is 0. The monoisotopic (exact) mass is 271 g/mol. The van der Waals surface area contributed by atoms with Crippen molar-refractivity contribution in [1.82, 2.24) is 0 Å². The minimum Gasteiger partial charge on any atom is -0.496 e. The van der Waals surface area contributed by atoms with E-state index < -0.39 is 0 Å². The molecule has 0 aliphatic carbocycles. The van der Waals surface area contributed by atoms with Crippen molar-refractivity contribution in [1.29, 1.82) is 0 Å². The molecule has 0 aromatic heterocycles. The molecule has 0 radical (unpaired) electrons. The van der Waals surface area contributed by atoms with Crippen LogP contribution in [0.25, 0.3) is 0 Å². The van der Waals surface area contributed by atoms with Crippen molar-refractivity contribution in [3.05, 3.63) is 59.2 Å². The molecule has 2 aromatic carbocycles. The highest BCUT2D eigenvalue weighted by atomic mass is 16.5. The number of hydrogen-bond donors (Lipinski definition) is 1. The summed E-state index contributed by atoms with van der Waals surface area (Å²) in [6, 6.07) is 14.5. The number of rotatable bonds is 6. The van der Waals surface area contributed by atoms with Crippen LogP contribution in [0.5, 0.6) is 5.75 Å². The first kappa shape index (κ1) is 14.4. The van der Waals surface area contributed by atoms with E-state index >= 15 is 0 Å². The summed E-state index contributed by atoms with van der Waals surface area (Å²) in [6.45, 7) is 3.45. The van der Waals surface area contributed by atoms with Gasteiger partial charge in [0.15, 0.2) is 0 Å². The highest BCUT2D eigenvalue weighted by molar-refractivity contribution is 5.47. The highest BCUT2D eigenvalue weighted by Crippen LogP contribution is 2.21. The molecule has 1 N–H and O–H groups in total. The van der Waals surface area contributed by atoms with E-state index in [0.717, 1.165) is 29.1 Å². The molecule has 0 heterocycles. The van der Waals surface area contributed by atoms with Crippen LogP contribution >= 0.6 is 0 Å². The average molecular weight is 271 g/mol. The molecule has 0 spiro atoms. The zero-order valence-corrected chi connectivity index (χ0v) is 12.3. The van der Waals surface area contributed by atoms with E-state index in [1.165, 1.54) is 5.56 Å². The zero-order chi connectivity index (χ0) is 14.4. The van der Waals surface area contributed by atoms with Gasteiger partial charge < -0.3 is 14.8 Å². The molecule has 0 unspecified atom stereocenters. The average Bonchev–Trinajstić information content (AvgIpc) is 2.46. The standard InChI is InChI=1S/C17H21NO2/c1-13-7-8-17(20-3)15(9-13)11-18-16-6-4-5-14(10-16)12-19-2/h4-10,18H,11-12H2,1-3H3. The Balaban J connectivity index is 2.08. The molecule has 20 heavy (non-hydrogen) atoms. The summed E-state index contributed by atoms with van der Waals surface area (Å²) in [5.41, 5.74) is 4.64. The van der Waals surface area contributed by atoms with Crippen LogP contribution in [0.4, 0.5) is 5.69 Å². The Morgan fingerprint density at radius 1 is 1.05 bits per heavy atom. The molecule has 0 bridgehead atoms. The fourth-order valence-corrected chi connectivity index (χ4v) is 2.18. The number of methoxy groups -OCH3 is 2. The molecule has 0 fully saturated rings. The third kappa shape index (κ3) is 3.75. The quantitative estimate of drug-likeness (QED) is 0.867. The van der Waals surface area contributed by atoms with Crippen molar-refractivity contribution in [3.63, 3.8) is 0 Å². The fraction of sp³-hybridized carbons (Fsp3) is 0.294. The van der Waals surface area contributed by atoms with Crippen LogP contribution in [0.15, 0.2) is 42.5 Å². The maximum absolute atomic E-state index is 5.39. The van der Waals surface area contributed by atoms with Crippen molar-refractivity contribution < 1.29 is 9.47 Å². The predicted octanol–water partition coefficient (Wildman–Crippen LogP) is 3.76. The van der Waals surface area contributed by atoms with E-state index in [2.05, 4.69) is 42.6 Å². The first-order valence-electron chi connectivity index (χ1n) is 6.68. The second-order valence-electron chi connectivity index (χ2n) is 4.80. The second-order valence-corrected chi connectivity index (χ2v) is 4.80. The third-order valence-electron chi connectivity index (χ3n) is 3.16. The topological polar surface area (TPSA) is 30.5 Å². The minimum absolute atomic E-state index is 0.628. The van der Waals surface area contributed by atoms with Gasteiger partial charge in [0.2, 0.25) is 0 Å². The van der Waals surface area contributed by atoms with Crippen LogP contribution in [0, 0.1) is 6.92 Å². The molecule has 0 atom stereocenters. The van der Waals surface area contributed by atoms with Crippen molar-refractivity contribution in [2.75, 3.05) is 19.5 Å². The molecular formula is C17H21NO2. The number of anilines is 1.